The second kappa shape index (κ2) is 9.05. The number of carbonyl (C=O) groups excluding carboxylic acids is 1. The summed E-state index contributed by atoms with van der Waals surface area (Å²) in [5.74, 6) is -0.192. The molecule has 0 saturated carbocycles. The van der Waals surface area contributed by atoms with E-state index in [9.17, 15) is 10.1 Å². The van der Waals surface area contributed by atoms with E-state index >= 15 is 0 Å². The smallest absolute Gasteiger partial charge is 0.255 e. The lowest BCUT2D eigenvalue weighted by Gasteiger charge is -2.36. The van der Waals surface area contributed by atoms with Gasteiger partial charge < -0.3 is 9.74 Å². The Morgan fingerprint density at radius 2 is 1.70 bits per heavy atom. The Hall–Kier alpha value is -1.94. The zero-order chi connectivity index (χ0) is 22.7. The Morgan fingerprint density at radius 3 is 2.23 bits per heavy atom. The van der Waals surface area contributed by atoms with Crippen LogP contribution in [-0.4, -0.2) is 14.2 Å². The van der Waals surface area contributed by atoms with Crippen molar-refractivity contribution < 1.29 is 9.22 Å². The topological polar surface area (TPSA) is 62.1 Å². The fourth-order valence-electron chi connectivity index (χ4n) is 2.59. The number of nitriles is 1. The Labute approximate surface area is 189 Å². The van der Waals surface area contributed by atoms with Crippen LogP contribution in [0.4, 0.5) is 5.69 Å². The van der Waals surface area contributed by atoms with Crippen LogP contribution >= 0.6 is 15.9 Å². The molecule has 0 aliphatic carbocycles. The number of anilines is 1. The molecule has 30 heavy (non-hydrogen) atoms. The highest BCUT2D eigenvalue weighted by atomic mass is 79.9. The van der Waals surface area contributed by atoms with Gasteiger partial charge in [-0.3, -0.25) is 4.79 Å². The lowest BCUT2D eigenvalue weighted by Crippen LogP contribution is -2.40. The Balaban J connectivity index is 2.22. The van der Waals surface area contributed by atoms with Crippen LogP contribution in [0.5, 0.6) is 0 Å². The third-order valence-corrected chi connectivity index (χ3v) is 11.1. The number of benzene rings is 2. The molecule has 0 unspecified atom stereocenters. The minimum absolute atomic E-state index is 0.108. The van der Waals surface area contributed by atoms with E-state index in [1.807, 2.05) is 44.2 Å². The summed E-state index contributed by atoms with van der Waals surface area (Å²) in [4.78, 5) is 12.8. The molecule has 0 aliphatic rings. The summed E-state index contributed by atoms with van der Waals surface area (Å²) in [6.45, 7) is 15.2. The van der Waals surface area contributed by atoms with E-state index in [1.165, 1.54) is 0 Å². The van der Waals surface area contributed by atoms with Crippen molar-refractivity contribution in [2.75, 3.05) is 5.32 Å². The molecule has 2 aromatic carbocycles. The average molecular weight is 488 g/mol. The van der Waals surface area contributed by atoms with E-state index < -0.39 is 13.7 Å². The summed E-state index contributed by atoms with van der Waals surface area (Å²) >= 11 is 3.60. The fourth-order valence-corrected chi connectivity index (χ4v) is 4.01. The molecule has 4 nitrogen and oxygen atoms in total. The van der Waals surface area contributed by atoms with Crippen molar-refractivity contribution in [2.24, 2.45) is 0 Å². The number of halogens is 1. The summed E-state index contributed by atoms with van der Waals surface area (Å²) in [6, 6.07) is 15.2. The molecule has 0 bridgehead atoms. The molecule has 0 saturated heterocycles. The molecule has 0 heterocycles. The Morgan fingerprint density at radius 1 is 1.10 bits per heavy atom. The third-order valence-electron chi connectivity index (χ3n) is 5.90. The van der Waals surface area contributed by atoms with E-state index in [0.717, 1.165) is 21.3 Å². The number of hydrogen-bond donors (Lipinski definition) is 1. The van der Waals surface area contributed by atoms with Crippen molar-refractivity contribution in [3.63, 3.8) is 0 Å². The summed E-state index contributed by atoms with van der Waals surface area (Å²) in [7, 11) is -1.93. The summed E-state index contributed by atoms with van der Waals surface area (Å²) in [5.41, 5.74) is 2.50. The molecule has 6 heteroatoms. The molecule has 2 aromatic rings. The van der Waals surface area contributed by atoms with Crippen LogP contribution in [0, 0.1) is 11.3 Å². The Bertz CT molecular complexity index is 955. The van der Waals surface area contributed by atoms with E-state index in [-0.39, 0.29) is 10.9 Å². The van der Waals surface area contributed by atoms with Gasteiger partial charge in [0, 0.05) is 21.3 Å². The first-order valence-electron chi connectivity index (χ1n) is 10.0. The first-order chi connectivity index (χ1) is 13.8. The van der Waals surface area contributed by atoms with Crippen molar-refractivity contribution in [1.82, 2.24) is 0 Å². The largest absolute Gasteiger partial charge is 0.412 e. The number of nitrogens with zero attached hydrogens (tertiary/aromatic N) is 1. The molecule has 0 fully saturated rings. The van der Waals surface area contributed by atoms with Gasteiger partial charge in [-0.05, 0) is 61.8 Å². The van der Waals surface area contributed by atoms with Crippen LogP contribution in [-0.2, 0) is 16.4 Å². The molecule has 2 rings (SSSR count). The van der Waals surface area contributed by atoms with Crippen LogP contribution in [0.25, 0.3) is 0 Å². The van der Waals surface area contributed by atoms with Crippen LogP contribution in [0.2, 0.25) is 18.1 Å². The average Bonchev–Trinajstić information content (AvgIpc) is 2.66. The highest BCUT2D eigenvalue weighted by Crippen LogP contribution is 2.38. The number of nitrogens with one attached hydrogen (secondary N) is 1. The molecule has 1 N–H and O–H groups in total. The molecule has 0 atom stereocenters. The van der Waals surface area contributed by atoms with Crippen molar-refractivity contribution in [2.45, 2.75) is 64.8 Å². The van der Waals surface area contributed by atoms with Gasteiger partial charge in [-0.1, -0.05) is 54.9 Å². The molecule has 0 radical (unpaired) electrons. The van der Waals surface area contributed by atoms with Gasteiger partial charge in [0.25, 0.3) is 5.91 Å². The van der Waals surface area contributed by atoms with Crippen LogP contribution in [0.15, 0.2) is 46.9 Å². The van der Waals surface area contributed by atoms with Gasteiger partial charge in [-0.2, -0.15) is 5.26 Å². The summed E-state index contributed by atoms with van der Waals surface area (Å²) < 4.78 is 7.29. The van der Waals surface area contributed by atoms with Crippen LogP contribution in [0.3, 0.4) is 0 Å². The van der Waals surface area contributed by atoms with Crippen molar-refractivity contribution in [1.29, 1.82) is 5.26 Å². The van der Waals surface area contributed by atoms with E-state index in [1.54, 1.807) is 12.1 Å². The molecule has 0 spiro atoms. The lowest BCUT2D eigenvalue weighted by atomic mass is 9.86. The van der Waals surface area contributed by atoms with Crippen molar-refractivity contribution >= 4 is 35.8 Å². The lowest BCUT2D eigenvalue weighted by molar-refractivity contribution is 0.102. The number of rotatable bonds is 6. The molecular weight excluding hydrogens is 456 g/mol. The van der Waals surface area contributed by atoms with Crippen molar-refractivity contribution in [3.05, 3.63) is 63.6 Å². The van der Waals surface area contributed by atoms with Gasteiger partial charge in [0.05, 0.1) is 18.1 Å². The second-order valence-electron chi connectivity index (χ2n) is 9.58. The fraction of sp³-hybridized carbons (Fsp3) is 0.417. The van der Waals surface area contributed by atoms with Gasteiger partial charge in [-0.25, -0.2) is 0 Å². The number of amides is 1. The monoisotopic (exact) mass is 486 g/mol. The molecule has 0 aromatic heterocycles. The zero-order valence-electron chi connectivity index (χ0n) is 18.9. The standard InChI is InChI=1S/C24H31BrN2O2Si/c1-23(2,3)30(6,7)29-15-19-20(25)9-8-10-21(19)27-22(28)17-11-13-18(14-12-17)24(4,5)16-26/h8-14H,15H2,1-7H3,(H,27,28). The second-order valence-corrected chi connectivity index (χ2v) is 15.2. The Kier molecular flexibility index (Phi) is 7.34. The molecule has 1 amide bonds. The number of hydrogen-bond acceptors (Lipinski definition) is 3. The maximum Gasteiger partial charge on any atom is 0.255 e. The minimum atomic E-state index is -1.93. The normalized spacial score (nSPS) is 12.4. The van der Waals surface area contributed by atoms with E-state index in [2.05, 4.69) is 61.2 Å². The van der Waals surface area contributed by atoms with Gasteiger partial charge in [0.15, 0.2) is 8.32 Å². The van der Waals surface area contributed by atoms with Gasteiger partial charge in [0.2, 0.25) is 0 Å². The maximum absolute atomic E-state index is 12.8. The molecule has 160 valence electrons. The van der Waals surface area contributed by atoms with Crippen LogP contribution < -0.4 is 5.32 Å². The predicted octanol–water partition coefficient (Wildman–Crippen LogP) is 7.02. The minimum Gasteiger partial charge on any atom is -0.412 e. The predicted molar refractivity (Wildman–Crippen MR) is 129 cm³/mol. The molecule has 0 aliphatic heterocycles. The van der Waals surface area contributed by atoms with E-state index in [4.69, 9.17) is 4.43 Å². The highest BCUT2D eigenvalue weighted by Gasteiger charge is 2.37. The molecular formula is C24H31BrN2O2Si. The van der Waals surface area contributed by atoms with Crippen LogP contribution in [0.1, 0.15) is 56.1 Å². The maximum atomic E-state index is 12.8. The SMILES string of the molecule is CC(C)(C#N)c1ccc(C(=O)Nc2cccc(Br)c2CO[Si](C)(C)C(C)(C)C)cc1. The van der Waals surface area contributed by atoms with Crippen molar-refractivity contribution in [3.8, 4) is 6.07 Å². The highest BCUT2D eigenvalue weighted by molar-refractivity contribution is 9.10. The number of carbonyl (C=O) groups is 1. The van der Waals surface area contributed by atoms with E-state index in [0.29, 0.717) is 12.2 Å². The van der Waals surface area contributed by atoms with Gasteiger partial charge in [-0.15, -0.1) is 0 Å². The third kappa shape index (κ3) is 5.60. The zero-order valence-corrected chi connectivity index (χ0v) is 21.5. The summed E-state index contributed by atoms with van der Waals surface area (Å²) in [6.07, 6.45) is 0. The van der Waals surface area contributed by atoms with Gasteiger partial charge >= 0.3 is 0 Å². The first kappa shape index (κ1) is 24.3. The first-order valence-corrected chi connectivity index (χ1v) is 13.7. The quantitative estimate of drug-likeness (QED) is 0.445. The summed E-state index contributed by atoms with van der Waals surface area (Å²) in [5, 5.41) is 12.4. The van der Waals surface area contributed by atoms with Gasteiger partial charge in [0.1, 0.15) is 0 Å².